The van der Waals surface area contributed by atoms with Crippen molar-refractivity contribution in [1.29, 1.82) is 0 Å². The van der Waals surface area contributed by atoms with Gasteiger partial charge < -0.3 is 14.3 Å². The van der Waals surface area contributed by atoms with Crippen LogP contribution in [-0.4, -0.2) is 9.79 Å². The van der Waals surface area contributed by atoms with Crippen LogP contribution in [0.25, 0.3) is 22.3 Å². The highest BCUT2D eigenvalue weighted by molar-refractivity contribution is 7.39. The summed E-state index contributed by atoms with van der Waals surface area (Å²) in [5, 5.41) is 0. The van der Waals surface area contributed by atoms with Crippen LogP contribution in [0.1, 0.15) is 127 Å². The highest BCUT2D eigenvalue weighted by atomic mass is 31.2. The second kappa shape index (κ2) is 19.2. The van der Waals surface area contributed by atoms with Gasteiger partial charge in [-0.25, -0.2) is 0 Å². The molecule has 0 aliphatic heterocycles. The summed E-state index contributed by atoms with van der Waals surface area (Å²) in [6, 6.07) is 19.8. The van der Waals surface area contributed by atoms with E-state index in [1.54, 1.807) is 0 Å². The predicted octanol–water partition coefficient (Wildman–Crippen LogP) is 11.5. The Hall–Kier alpha value is -2.19. The van der Waals surface area contributed by atoms with Gasteiger partial charge in [-0.1, -0.05) is 128 Å². The number of benzene rings is 3. The molecule has 3 nitrogen and oxygen atoms in total. The molecular weight excluding hydrogens is 535 g/mol. The number of hydrogen-bond donors (Lipinski definition) is 2. The van der Waals surface area contributed by atoms with Gasteiger partial charge in [0, 0.05) is 5.56 Å². The first-order chi connectivity index (χ1) is 20.5. The third-order valence-corrected chi connectivity index (χ3v) is 8.78. The van der Waals surface area contributed by atoms with Gasteiger partial charge in [0.2, 0.25) is 0 Å². The number of hydrogen-bond acceptors (Lipinski definition) is 3. The van der Waals surface area contributed by atoms with Crippen molar-refractivity contribution >= 4 is 8.60 Å². The minimum absolute atomic E-state index is 0.609. The van der Waals surface area contributed by atoms with Crippen LogP contribution in [0, 0.1) is 0 Å². The molecule has 0 spiro atoms. The summed E-state index contributed by atoms with van der Waals surface area (Å²) in [7, 11) is -2.56. The molecule has 0 atom stereocenters. The van der Waals surface area contributed by atoms with Crippen molar-refractivity contribution in [1.82, 2.24) is 0 Å². The van der Waals surface area contributed by atoms with Gasteiger partial charge in [-0.15, -0.1) is 0 Å². The molecule has 0 aromatic heterocycles. The van der Waals surface area contributed by atoms with E-state index in [0.29, 0.717) is 5.75 Å². The molecule has 0 amide bonds. The Kier molecular flexibility index (Phi) is 15.6. The lowest BCUT2D eigenvalue weighted by Crippen LogP contribution is -2.06. The van der Waals surface area contributed by atoms with Crippen molar-refractivity contribution in [3.8, 4) is 28.0 Å². The van der Waals surface area contributed by atoms with Crippen LogP contribution in [0.15, 0.2) is 54.6 Å². The molecule has 0 saturated heterocycles. The molecule has 0 aliphatic carbocycles. The molecule has 3 aromatic carbocycles. The third kappa shape index (κ3) is 9.94. The van der Waals surface area contributed by atoms with Crippen molar-refractivity contribution in [2.75, 3.05) is 0 Å². The van der Waals surface area contributed by atoms with Crippen LogP contribution in [0.4, 0.5) is 0 Å². The topological polar surface area (TPSA) is 49.7 Å². The molecule has 0 fully saturated rings. The quantitative estimate of drug-likeness (QED) is 0.102. The van der Waals surface area contributed by atoms with Crippen molar-refractivity contribution in [2.45, 2.75) is 130 Å². The maximum atomic E-state index is 10.2. The van der Waals surface area contributed by atoms with E-state index in [9.17, 15) is 9.79 Å². The highest BCUT2D eigenvalue weighted by Gasteiger charge is 2.25. The third-order valence-electron chi connectivity index (χ3n) is 8.42. The maximum Gasteiger partial charge on any atom is 0.391 e. The number of aryl methyl sites for hydroxylation is 3. The number of rotatable bonds is 20. The van der Waals surface area contributed by atoms with Gasteiger partial charge in [-0.3, -0.25) is 0 Å². The van der Waals surface area contributed by atoms with E-state index < -0.39 is 8.60 Å². The van der Waals surface area contributed by atoms with Crippen LogP contribution in [-0.2, 0) is 25.7 Å². The first-order valence-electron chi connectivity index (χ1n) is 16.8. The van der Waals surface area contributed by atoms with Gasteiger partial charge in [-0.05, 0) is 96.4 Å². The van der Waals surface area contributed by atoms with E-state index >= 15 is 0 Å². The van der Waals surface area contributed by atoms with Crippen LogP contribution in [0.5, 0.6) is 5.75 Å². The molecule has 0 heterocycles. The van der Waals surface area contributed by atoms with E-state index in [0.717, 1.165) is 56.1 Å². The Morgan fingerprint density at radius 1 is 0.524 bits per heavy atom. The summed E-state index contributed by atoms with van der Waals surface area (Å²) in [5.41, 5.74) is 10.1. The Bertz CT molecular complexity index is 1200. The lowest BCUT2D eigenvalue weighted by Gasteiger charge is -2.26. The van der Waals surface area contributed by atoms with Gasteiger partial charge in [0.15, 0.2) is 0 Å². The van der Waals surface area contributed by atoms with Crippen molar-refractivity contribution < 1.29 is 14.3 Å². The molecular formula is C38H55O3P. The zero-order chi connectivity index (χ0) is 30.2. The van der Waals surface area contributed by atoms with Crippen LogP contribution in [0.3, 0.4) is 0 Å². The molecule has 0 unspecified atom stereocenters. The van der Waals surface area contributed by atoms with E-state index in [-0.39, 0.29) is 0 Å². The minimum Gasteiger partial charge on any atom is -0.426 e. The molecule has 3 aromatic rings. The van der Waals surface area contributed by atoms with Gasteiger partial charge >= 0.3 is 8.60 Å². The van der Waals surface area contributed by atoms with Gasteiger partial charge in [0.1, 0.15) is 5.75 Å². The summed E-state index contributed by atoms with van der Waals surface area (Å²) in [6.45, 7) is 9.02. The van der Waals surface area contributed by atoms with E-state index in [4.69, 9.17) is 4.52 Å². The summed E-state index contributed by atoms with van der Waals surface area (Å²) < 4.78 is 5.98. The van der Waals surface area contributed by atoms with Crippen LogP contribution in [0.2, 0.25) is 0 Å². The molecule has 2 N–H and O–H groups in total. The molecule has 0 saturated carbocycles. The van der Waals surface area contributed by atoms with Crippen molar-refractivity contribution in [3.05, 3.63) is 76.9 Å². The van der Waals surface area contributed by atoms with Crippen LogP contribution < -0.4 is 4.52 Å². The lowest BCUT2D eigenvalue weighted by molar-refractivity contribution is 0.375. The first kappa shape index (κ1) is 34.3. The van der Waals surface area contributed by atoms with Gasteiger partial charge in [0.25, 0.3) is 0 Å². The van der Waals surface area contributed by atoms with Gasteiger partial charge in [0.05, 0.1) is 0 Å². The maximum absolute atomic E-state index is 10.2. The smallest absolute Gasteiger partial charge is 0.391 e. The van der Waals surface area contributed by atoms with E-state index in [1.807, 2.05) is 0 Å². The average Bonchev–Trinajstić information content (AvgIpc) is 2.99. The monoisotopic (exact) mass is 590 g/mol. The Morgan fingerprint density at radius 2 is 0.952 bits per heavy atom. The fourth-order valence-corrected chi connectivity index (χ4v) is 6.52. The summed E-state index contributed by atoms with van der Waals surface area (Å²) in [4.78, 5) is 20.4. The Labute approximate surface area is 257 Å². The molecule has 0 aliphatic rings. The first-order valence-corrected chi connectivity index (χ1v) is 17.9. The predicted molar refractivity (Wildman–Crippen MR) is 182 cm³/mol. The molecule has 0 bridgehead atoms. The fourth-order valence-electron chi connectivity index (χ4n) is 6.20. The summed E-state index contributed by atoms with van der Waals surface area (Å²) in [5.74, 6) is 0.609. The fraction of sp³-hybridized carbons (Fsp3) is 0.526. The normalized spacial score (nSPS) is 11.4. The second-order valence-corrected chi connectivity index (χ2v) is 12.4. The summed E-state index contributed by atoms with van der Waals surface area (Å²) in [6.07, 6.45) is 18.1. The number of unbranched alkanes of at least 4 members (excludes halogenated alkanes) is 8. The molecule has 230 valence electrons. The van der Waals surface area contributed by atoms with Gasteiger partial charge in [-0.2, -0.15) is 0 Å². The van der Waals surface area contributed by atoms with Crippen molar-refractivity contribution in [3.63, 3.8) is 0 Å². The zero-order valence-corrected chi connectivity index (χ0v) is 27.7. The highest BCUT2D eigenvalue weighted by Crippen LogP contribution is 2.49. The van der Waals surface area contributed by atoms with E-state index in [1.165, 1.54) is 91.2 Å². The average molecular weight is 591 g/mol. The Morgan fingerprint density at radius 3 is 1.43 bits per heavy atom. The molecule has 42 heavy (non-hydrogen) atoms. The molecule has 3 rings (SSSR count). The van der Waals surface area contributed by atoms with Crippen LogP contribution >= 0.6 is 8.60 Å². The Balaban J connectivity index is 2.40. The SMILES string of the molecule is CCCCCc1ccccc1-c1c(OP(O)O)cc(CCCCC)c(CCCCC)c1-c1ccccc1CCCCC. The summed E-state index contributed by atoms with van der Waals surface area (Å²) >= 11 is 0. The second-order valence-electron chi connectivity index (χ2n) is 11.7. The molecule has 4 heteroatoms. The van der Waals surface area contributed by atoms with Crippen molar-refractivity contribution in [2.24, 2.45) is 0 Å². The largest absolute Gasteiger partial charge is 0.426 e. The molecule has 0 radical (unpaired) electrons. The van der Waals surface area contributed by atoms with E-state index in [2.05, 4.69) is 82.3 Å². The minimum atomic E-state index is -2.56. The standard InChI is InChI=1S/C38H55O3P/c1-5-9-13-21-30-23-17-19-27-33(30)37-35(26-16-12-8-4)32(25-15-11-7-3)29-36(41-42(39)40)38(37)34-28-20-18-24-31(34)22-14-10-6-2/h17-20,23-24,27-29,39-40H,5-16,21-22,25-26H2,1-4H3. The zero-order valence-electron chi connectivity index (χ0n) is 26.8. The lowest BCUT2D eigenvalue weighted by atomic mass is 9.80.